The molecule has 1 aliphatic rings. The molecule has 0 spiro atoms. The van der Waals surface area contributed by atoms with Crippen LogP contribution in [0.5, 0.6) is 0 Å². The summed E-state index contributed by atoms with van der Waals surface area (Å²) in [5.74, 6) is 1.06. The fraction of sp³-hybridized carbons (Fsp3) is 0.588. The number of rotatable bonds is 5. The van der Waals surface area contributed by atoms with E-state index in [1.54, 1.807) is 0 Å². The van der Waals surface area contributed by atoms with Gasteiger partial charge in [0.1, 0.15) is 5.82 Å². The molecule has 1 aromatic heterocycles. The summed E-state index contributed by atoms with van der Waals surface area (Å²) in [4.78, 5) is 6.85. The summed E-state index contributed by atoms with van der Waals surface area (Å²) in [6.45, 7) is 4.69. The van der Waals surface area contributed by atoms with E-state index in [1.807, 2.05) is 6.07 Å². The standard InChI is InChI=1S/C17H25N3O/c1-14-18-15-7-3-4-8-16(15)20(14)12-11-19(2)13-17(21)9-5-6-10-17/h3-4,7-8,21H,5-6,9-13H2,1-2H3. The summed E-state index contributed by atoms with van der Waals surface area (Å²) < 4.78 is 2.27. The molecule has 0 amide bonds. The molecule has 1 aliphatic carbocycles. The lowest BCUT2D eigenvalue weighted by Gasteiger charge is -2.28. The molecule has 114 valence electrons. The summed E-state index contributed by atoms with van der Waals surface area (Å²) >= 11 is 0. The Kier molecular flexibility index (Phi) is 4.00. The molecule has 4 nitrogen and oxygen atoms in total. The van der Waals surface area contributed by atoms with Crippen molar-refractivity contribution >= 4 is 11.0 Å². The van der Waals surface area contributed by atoms with Gasteiger partial charge in [-0.05, 0) is 38.9 Å². The van der Waals surface area contributed by atoms with Crippen molar-refractivity contribution < 1.29 is 5.11 Å². The number of aryl methyl sites for hydroxylation is 1. The molecule has 1 heterocycles. The molecular formula is C17H25N3O. The fourth-order valence-corrected chi connectivity index (χ4v) is 3.52. The molecule has 1 aromatic carbocycles. The highest BCUT2D eigenvalue weighted by molar-refractivity contribution is 5.75. The first-order valence-corrected chi connectivity index (χ1v) is 7.90. The van der Waals surface area contributed by atoms with Gasteiger partial charge in [0.05, 0.1) is 16.6 Å². The van der Waals surface area contributed by atoms with Crippen LogP contribution < -0.4 is 0 Å². The van der Waals surface area contributed by atoms with E-state index in [1.165, 1.54) is 5.52 Å². The number of hydrogen-bond acceptors (Lipinski definition) is 3. The van der Waals surface area contributed by atoms with Crippen LogP contribution in [0.4, 0.5) is 0 Å². The van der Waals surface area contributed by atoms with Gasteiger partial charge in [0.2, 0.25) is 0 Å². The molecule has 0 aliphatic heterocycles. The molecule has 0 unspecified atom stereocenters. The molecule has 0 radical (unpaired) electrons. The Balaban J connectivity index is 1.65. The highest BCUT2D eigenvalue weighted by atomic mass is 16.3. The predicted molar refractivity (Wildman–Crippen MR) is 85.4 cm³/mol. The van der Waals surface area contributed by atoms with Gasteiger partial charge in [-0.25, -0.2) is 4.98 Å². The molecule has 0 atom stereocenters. The first-order chi connectivity index (χ1) is 10.1. The van der Waals surface area contributed by atoms with Gasteiger partial charge >= 0.3 is 0 Å². The van der Waals surface area contributed by atoms with Crippen LogP contribution in [0.2, 0.25) is 0 Å². The summed E-state index contributed by atoms with van der Waals surface area (Å²) in [5, 5.41) is 10.5. The number of nitrogens with zero attached hydrogens (tertiary/aromatic N) is 3. The Morgan fingerprint density at radius 3 is 2.76 bits per heavy atom. The van der Waals surface area contributed by atoms with Crippen LogP contribution in [-0.2, 0) is 6.54 Å². The maximum atomic E-state index is 10.5. The van der Waals surface area contributed by atoms with Crippen molar-refractivity contribution in [2.45, 2.75) is 44.8 Å². The van der Waals surface area contributed by atoms with Crippen LogP contribution in [0, 0.1) is 6.92 Å². The maximum absolute atomic E-state index is 10.5. The number of fused-ring (bicyclic) bond motifs is 1. The minimum Gasteiger partial charge on any atom is -0.389 e. The molecule has 0 bridgehead atoms. The van der Waals surface area contributed by atoms with Crippen molar-refractivity contribution in [1.29, 1.82) is 0 Å². The maximum Gasteiger partial charge on any atom is 0.106 e. The van der Waals surface area contributed by atoms with E-state index < -0.39 is 5.60 Å². The number of hydrogen-bond donors (Lipinski definition) is 1. The molecule has 1 saturated carbocycles. The zero-order valence-electron chi connectivity index (χ0n) is 13.0. The van der Waals surface area contributed by atoms with E-state index in [-0.39, 0.29) is 0 Å². The van der Waals surface area contributed by atoms with E-state index in [0.29, 0.717) is 0 Å². The number of para-hydroxylation sites is 2. The Morgan fingerprint density at radius 2 is 2.00 bits per heavy atom. The lowest BCUT2D eigenvalue weighted by atomic mass is 10.0. The van der Waals surface area contributed by atoms with Crippen molar-refractivity contribution in [2.24, 2.45) is 0 Å². The van der Waals surface area contributed by atoms with E-state index >= 15 is 0 Å². The average Bonchev–Trinajstić information content (AvgIpc) is 3.00. The molecule has 3 rings (SSSR count). The average molecular weight is 287 g/mol. The monoisotopic (exact) mass is 287 g/mol. The molecule has 0 saturated heterocycles. The van der Waals surface area contributed by atoms with Crippen molar-refractivity contribution in [3.8, 4) is 0 Å². The zero-order chi connectivity index (χ0) is 14.9. The van der Waals surface area contributed by atoms with Crippen molar-refractivity contribution in [3.63, 3.8) is 0 Å². The van der Waals surface area contributed by atoms with Gasteiger partial charge in [-0.15, -0.1) is 0 Å². The zero-order valence-corrected chi connectivity index (χ0v) is 13.0. The second-order valence-electron chi connectivity index (χ2n) is 6.47. The van der Waals surface area contributed by atoms with Crippen molar-refractivity contribution in [1.82, 2.24) is 14.5 Å². The quantitative estimate of drug-likeness (QED) is 0.919. The van der Waals surface area contributed by atoms with Gasteiger partial charge in [-0.3, -0.25) is 0 Å². The lowest BCUT2D eigenvalue weighted by molar-refractivity contribution is 0.0158. The minimum absolute atomic E-state index is 0.458. The highest BCUT2D eigenvalue weighted by Crippen LogP contribution is 2.29. The van der Waals surface area contributed by atoms with Crippen molar-refractivity contribution in [3.05, 3.63) is 30.1 Å². The number of imidazole rings is 1. The number of aromatic nitrogens is 2. The second kappa shape index (κ2) is 5.78. The van der Waals surface area contributed by atoms with Gasteiger partial charge in [0, 0.05) is 19.6 Å². The van der Waals surface area contributed by atoms with E-state index in [0.717, 1.165) is 56.7 Å². The lowest BCUT2D eigenvalue weighted by Crippen LogP contribution is -2.40. The van der Waals surface area contributed by atoms with E-state index in [4.69, 9.17) is 0 Å². The van der Waals surface area contributed by atoms with Crippen LogP contribution in [0.3, 0.4) is 0 Å². The second-order valence-corrected chi connectivity index (χ2v) is 6.47. The van der Waals surface area contributed by atoms with E-state index in [2.05, 4.69) is 46.6 Å². The molecule has 1 fully saturated rings. The van der Waals surface area contributed by atoms with Crippen LogP contribution in [0.15, 0.2) is 24.3 Å². The summed E-state index contributed by atoms with van der Waals surface area (Å²) in [6.07, 6.45) is 4.22. The van der Waals surface area contributed by atoms with Crippen LogP contribution in [-0.4, -0.2) is 45.3 Å². The summed E-state index contributed by atoms with van der Waals surface area (Å²) in [5.41, 5.74) is 1.80. The third kappa shape index (κ3) is 3.11. The topological polar surface area (TPSA) is 41.3 Å². The SMILES string of the molecule is Cc1nc2ccccc2n1CCN(C)CC1(O)CCCC1. The Hall–Kier alpha value is -1.39. The van der Waals surface area contributed by atoms with Crippen LogP contribution >= 0.6 is 0 Å². The van der Waals surface area contributed by atoms with Gasteiger partial charge in [0.25, 0.3) is 0 Å². The number of likely N-dealkylation sites (N-methyl/N-ethyl adjacent to an activating group) is 1. The van der Waals surface area contributed by atoms with Gasteiger partial charge < -0.3 is 14.6 Å². The summed E-state index contributed by atoms with van der Waals surface area (Å²) in [6, 6.07) is 8.27. The fourth-order valence-electron chi connectivity index (χ4n) is 3.52. The molecule has 4 heteroatoms. The van der Waals surface area contributed by atoms with Gasteiger partial charge in [-0.1, -0.05) is 25.0 Å². The molecule has 21 heavy (non-hydrogen) atoms. The molecule has 2 aromatic rings. The highest BCUT2D eigenvalue weighted by Gasteiger charge is 2.31. The Bertz CT molecular complexity index is 614. The smallest absolute Gasteiger partial charge is 0.106 e. The largest absolute Gasteiger partial charge is 0.389 e. The predicted octanol–water partition coefficient (Wildman–Crippen LogP) is 2.58. The number of benzene rings is 1. The van der Waals surface area contributed by atoms with Crippen LogP contribution in [0.1, 0.15) is 31.5 Å². The van der Waals surface area contributed by atoms with E-state index in [9.17, 15) is 5.11 Å². The van der Waals surface area contributed by atoms with Crippen molar-refractivity contribution in [2.75, 3.05) is 20.1 Å². The molecular weight excluding hydrogens is 262 g/mol. The molecule has 1 N–H and O–H groups in total. The Labute approximate surface area is 126 Å². The Morgan fingerprint density at radius 1 is 1.29 bits per heavy atom. The summed E-state index contributed by atoms with van der Waals surface area (Å²) in [7, 11) is 2.10. The third-order valence-electron chi connectivity index (χ3n) is 4.65. The van der Waals surface area contributed by atoms with Gasteiger partial charge in [0.15, 0.2) is 0 Å². The van der Waals surface area contributed by atoms with Crippen LogP contribution in [0.25, 0.3) is 11.0 Å². The third-order valence-corrected chi connectivity index (χ3v) is 4.65. The first kappa shape index (κ1) is 14.5. The minimum atomic E-state index is -0.458. The first-order valence-electron chi connectivity index (χ1n) is 7.90. The van der Waals surface area contributed by atoms with Gasteiger partial charge in [-0.2, -0.15) is 0 Å². The number of aliphatic hydroxyl groups is 1. The normalized spacial score (nSPS) is 17.9.